The molecule has 2 N–H and O–H groups in total. The first kappa shape index (κ1) is 21.1. The lowest BCUT2D eigenvalue weighted by Crippen LogP contribution is -2.47. The fraction of sp³-hybridized carbons (Fsp3) is 0.375. The maximum absolute atomic E-state index is 12.3. The smallest absolute Gasteiger partial charge is 0.315 e. The number of likely N-dealkylation sites (tertiary alicyclic amines) is 1. The molecule has 1 aliphatic heterocycles. The first-order valence-corrected chi connectivity index (χ1v) is 10.9. The molecule has 4 rings (SSSR count). The van der Waals surface area contributed by atoms with Crippen molar-refractivity contribution in [3.63, 3.8) is 0 Å². The van der Waals surface area contributed by atoms with E-state index in [1.165, 1.54) is 5.56 Å². The third-order valence-corrected chi connectivity index (χ3v) is 5.66. The van der Waals surface area contributed by atoms with Crippen LogP contribution in [0.15, 0.2) is 54.7 Å². The number of carbonyl (C=O) groups is 1. The van der Waals surface area contributed by atoms with Crippen LogP contribution in [0.1, 0.15) is 35.4 Å². The molecule has 2 aromatic heterocycles. The molecule has 7 nitrogen and oxygen atoms in total. The molecule has 0 atom stereocenters. The van der Waals surface area contributed by atoms with E-state index in [0.29, 0.717) is 6.54 Å². The summed E-state index contributed by atoms with van der Waals surface area (Å²) >= 11 is 0. The Morgan fingerprint density at radius 3 is 2.48 bits per heavy atom. The molecule has 0 bridgehead atoms. The third kappa shape index (κ3) is 5.70. The van der Waals surface area contributed by atoms with Crippen LogP contribution in [0.25, 0.3) is 5.82 Å². The van der Waals surface area contributed by atoms with Gasteiger partial charge in [-0.05, 0) is 49.9 Å². The van der Waals surface area contributed by atoms with Crippen LogP contribution in [0.5, 0.6) is 0 Å². The molecule has 1 aliphatic rings. The van der Waals surface area contributed by atoms with Gasteiger partial charge in [0.25, 0.3) is 0 Å². The van der Waals surface area contributed by atoms with E-state index in [2.05, 4.69) is 49.9 Å². The Morgan fingerprint density at radius 2 is 1.84 bits per heavy atom. The standard InChI is InChI=1S/C24H30N6O/c1-18-14-19(2)30(28-18)23-9-8-21(15-25-23)16-26-24(31)27-22-10-12-29(13-11-22)17-20-6-4-3-5-7-20/h3-9,14-15,22H,10-13,16-17H2,1-2H3,(H2,26,27,31). The van der Waals surface area contributed by atoms with E-state index in [1.54, 1.807) is 6.20 Å². The molecule has 0 unspecified atom stereocenters. The summed E-state index contributed by atoms with van der Waals surface area (Å²) in [4.78, 5) is 19.3. The van der Waals surface area contributed by atoms with E-state index in [0.717, 1.165) is 55.2 Å². The molecule has 0 radical (unpaired) electrons. The average Bonchev–Trinajstić information content (AvgIpc) is 3.12. The fourth-order valence-corrected chi connectivity index (χ4v) is 4.00. The summed E-state index contributed by atoms with van der Waals surface area (Å²) in [5.41, 5.74) is 4.31. The van der Waals surface area contributed by atoms with Gasteiger partial charge in [0, 0.05) is 44.1 Å². The SMILES string of the molecule is Cc1cc(C)n(-c2ccc(CNC(=O)NC3CCN(Cc4ccccc4)CC3)cn2)n1. The molecule has 2 amide bonds. The summed E-state index contributed by atoms with van der Waals surface area (Å²) < 4.78 is 1.82. The largest absolute Gasteiger partial charge is 0.335 e. The van der Waals surface area contributed by atoms with Gasteiger partial charge in [-0.25, -0.2) is 14.5 Å². The summed E-state index contributed by atoms with van der Waals surface area (Å²) in [6.45, 7) is 7.39. The Kier molecular flexibility index (Phi) is 6.62. The monoisotopic (exact) mass is 418 g/mol. The van der Waals surface area contributed by atoms with Crippen molar-refractivity contribution in [3.8, 4) is 5.82 Å². The highest BCUT2D eigenvalue weighted by Crippen LogP contribution is 2.14. The Labute approximate surface area is 183 Å². The topological polar surface area (TPSA) is 75.1 Å². The summed E-state index contributed by atoms with van der Waals surface area (Å²) in [7, 11) is 0. The van der Waals surface area contributed by atoms with Crippen LogP contribution < -0.4 is 10.6 Å². The van der Waals surface area contributed by atoms with E-state index in [-0.39, 0.29) is 12.1 Å². The summed E-state index contributed by atoms with van der Waals surface area (Å²) in [5, 5.41) is 10.5. The van der Waals surface area contributed by atoms with Gasteiger partial charge in [0.15, 0.2) is 5.82 Å². The van der Waals surface area contributed by atoms with Crippen LogP contribution in [-0.2, 0) is 13.1 Å². The molecule has 0 spiro atoms. The number of nitrogens with zero attached hydrogens (tertiary/aromatic N) is 4. The molecule has 1 saturated heterocycles. The van der Waals surface area contributed by atoms with Crippen molar-refractivity contribution in [2.75, 3.05) is 13.1 Å². The number of hydrogen-bond donors (Lipinski definition) is 2. The quantitative estimate of drug-likeness (QED) is 0.644. The van der Waals surface area contributed by atoms with Gasteiger partial charge in [0.1, 0.15) is 0 Å². The van der Waals surface area contributed by atoms with Crippen LogP contribution in [-0.4, -0.2) is 44.8 Å². The number of carbonyl (C=O) groups excluding carboxylic acids is 1. The van der Waals surface area contributed by atoms with Gasteiger partial charge in [-0.1, -0.05) is 36.4 Å². The molecule has 31 heavy (non-hydrogen) atoms. The highest BCUT2D eigenvalue weighted by molar-refractivity contribution is 5.74. The lowest BCUT2D eigenvalue weighted by Gasteiger charge is -2.32. The minimum Gasteiger partial charge on any atom is -0.335 e. The predicted octanol–water partition coefficient (Wildman–Crippen LogP) is 3.35. The molecule has 0 saturated carbocycles. The van der Waals surface area contributed by atoms with E-state index in [4.69, 9.17) is 0 Å². The Morgan fingerprint density at radius 1 is 1.06 bits per heavy atom. The van der Waals surface area contributed by atoms with Gasteiger partial charge < -0.3 is 10.6 Å². The van der Waals surface area contributed by atoms with Gasteiger partial charge in [-0.3, -0.25) is 4.90 Å². The second kappa shape index (κ2) is 9.75. The van der Waals surface area contributed by atoms with Crippen molar-refractivity contribution < 1.29 is 4.79 Å². The molecular weight excluding hydrogens is 388 g/mol. The molecule has 3 aromatic rings. The normalized spacial score (nSPS) is 15.0. The van der Waals surface area contributed by atoms with Gasteiger partial charge in [-0.2, -0.15) is 5.10 Å². The van der Waals surface area contributed by atoms with E-state index < -0.39 is 0 Å². The second-order valence-corrected chi connectivity index (χ2v) is 8.23. The van der Waals surface area contributed by atoms with Crippen molar-refractivity contribution in [2.45, 2.75) is 45.8 Å². The highest BCUT2D eigenvalue weighted by atomic mass is 16.2. The maximum atomic E-state index is 12.3. The maximum Gasteiger partial charge on any atom is 0.315 e. The average molecular weight is 419 g/mol. The van der Waals surface area contributed by atoms with Crippen LogP contribution in [0, 0.1) is 13.8 Å². The van der Waals surface area contributed by atoms with Crippen molar-refractivity contribution in [3.05, 3.63) is 77.2 Å². The minimum atomic E-state index is -0.121. The summed E-state index contributed by atoms with van der Waals surface area (Å²) in [6.07, 6.45) is 3.73. The highest BCUT2D eigenvalue weighted by Gasteiger charge is 2.20. The fourth-order valence-electron chi connectivity index (χ4n) is 4.00. The van der Waals surface area contributed by atoms with E-state index in [1.807, 2.05) is 42.8 Å². The molecule has 3 heterocycles. The number of benzene rings is 1. The molecule has 1 fully saturated rings. The number of aryl methyl sites for hydroxylation is 2. The van der Waals surface area contributed by atoms with Crippen LogP contribution in [0.4, 0.5) is 4.79 Å². The molecule has 1 aromatic carbocycles. The van der Waals surface area contributed by atoms with Crippen molar-refractivity contribution in [1.82, 2.24) is 30.3 Å². The number of urea groups is 1. The Hall–Kier alpha value is -3.19. The minimum absolute atomic E-state index is 0.121. The number of rotatable bonds is 6. The lowest BCUT2D eigenvalue weighted by atomic mass is 10.0. The Balaban J connectivity index is 1.20. The Bertz CT molecular complexity index is 991. The van der Waals surface area contributed by atoms with Crippen molar-refractivity contribution in [2.24, 2.45) is 0 Å². The molecule has 7 heteroatoms. The zero-order valence-electron chi connectivity index (χ0n) is 18.2. The van der Waals surface area contributed by atoms with Gasteiger partial charge in [0.2, 0.25) is 0 Å². The number of piperidine rings is 1. The van der Waals surface area contributed by atoms with Crippen molar-refractivity contribution in [1.29, 1.82) is 0 Å². The van der Waals surface area contributed by atoms with E-state index >= 15 is 0 Å². The van der Waals surface area contributed by atoms with Gasteiger partial charge in [-0.15, -0.1) is 0 Å². The first-order valence-electron chi connectivity index (χ1n) is 10.9. The molecule has 0 aliphatic carbocycles. The van der Waals surface area contributed by atoms with Crippen LogP contribution in [0.3, 0.4) is 0 Å². The van der Waals surface area contributed by atoms with Gasteiger partial charge >= 0.3 is 6.03 Å². The first-order chi connectivity index (χ1) is 15.1. The zero-order chi connectivity index (χ0) is 21.6. The number of nitrogens with one attached hydrogen (secondary N) is 2. The number of aromatic nitrogens is 3. The number of hydrogen-bond acceptors (Lipinski definition) is 4. The number of pyridine rings is 1. The molecule has 162 valence electrons. The summed E-state index contributed by atoms with van der Waals surface area (Å²) in [6, 6.07) is 16.6. The summed E-state index contributed by atoms with van der Waals surface area (Å²) in [5.74, 6) is 0.779. The van der Waals surface area contributed by atoms with E-state index in [9.17, 15) is 4.79 Å². The second-order valence-electron chi connectivity index (χ2n) is 8.23. The lowest BCUT2D eigenvalue weighted by molar-refractivity contribution is 0.186. The third-order valence-electron chi connectivity index (χ3n) is 5.66. The zero-order valence-corrected chi connectivity index (χ0v) is 18.2. The number of amides is 2. The van der Waals surface area contributed by atoms with Crippen LogP contribution >= 0.6 is 0 Å². The van der Waals surface area contributed by atoms with Crippen molar-refractivity contribution >= 4 is 6.03 Å². The van der Waals surface area contributed by atoms with Gasteiger partial charge in [0.05, 0.1) is 5.69 Å². The molecular formula is C24H30N6O. The predicted molar refractivity (Wildman–Crippen MR) is 121 cm³/mol. The van der Waals surface area contributed by atoms with Crippen LogP contribution in [0.2, 0.25) is 0 Å².